The number of halogens is 2. The molecule has 35 heavy (non-hydrogen) atoms. The molecule has 0 saturated heterocycles. The van der Waals surface area contributed by atoms with Gasteiger partial charge in [-0.1, -0.05) is 18.2 Å². The molecule has 0 aliphatic rings. The van der Waals surface area contributed by atoms with Gasteiger partial charge >= 0.3 is 13.5 Å². The van der Waals surface area contributed by atoms with E-state index < -0.39 is 44.5 Å². The lowest BCUT2D eigenvalue weighted by Gasteiger charge is -2.26. The number of ether oxygens (including phenoxy) is 2. The normalized spacial score (nSPS) is 15.2. The Balaban J connectivity index is 1.78. The number of para-hydroxylation sites is 1. The number of esters is 1. The van der Waals surface area contributed by atoms with Gasteiger partial charge in [0.1, 0.15) is 30.6 Å². The van der Waals surface area contributed by atoms with E-state index in [1.54, 1.807) is 44.2 Å². The number of aromatic nitrogens is 4. The summed E-state index contributed by atoms with van der Waals surface area (Å²) in [5.74, 6) is -0.423. The van der Waals surface area contributed by atoms with Crippen molar-refractivity contribution in [2.75, 3.05) is 12.1 Å². The molecular formula is C21H27F2N6O5P. The van der Waals surface area contributed by atoms with E-state index in [9.17, 15) is 18.1 Å². The van der Waals surface area contributed by atoms with E-state index in [4.69, 9.17) is 19.7 Å². The lowest BCUT2D eigenvalue weighted by atomic mass is 10.1. The molecule has 0 bridgehead atoms. The van der Waals surface area contributed by atoms with E-state index in [2.05, 4.69) is 20.2 Å². The predicted molar refractivity (Wildman–Crippen MR) is 123 cm³/mol. The quantitative estimate of drug-likeness (QED) is 0.275. The van der Waals surface area contributed by atoms with Crippen LogP contribution in [0.4, 0.5) is 14.7 Å². The second-order valence-electron chi connectivity index (χ2n) is 7.92. The molecule has 2 aromatic heterocycles. The molecular weight excluding hydrogens is 485 g/mol. The van der Waals surface area contributed by atoms with E-state index in [0.29, 0.717) is 5.56 Å². The summed E-state index contributed by atoms with van der Waals surface area (Å²) in [5, 5.41) is 6.57. The average Bonchev–Trinajstić information content (AvgIpc) is 3.20. The van der Waals surface area contributed by atoms with Gasteiger partial charge in [0.25, 0.3) is 6.43 Å². The van der Waals surface area contributed by atoms with Crippen molar-refractivity contribution in [1.29, 1.82) is 0 Å². The second-order valence-corrected chi connectivity index (χ2v) is 9.97. The summed E-state index contributed by atoms with van der Waals surface area (Å²) in [5.41, 5.74) is 6.31. The number of carbonyl (C=O) groups is 1. The number of hydrogen-bond acceptors (Lipinski definition) is 9. The van der Waals surface area contributed by atoms with E-state index in [-0.39, 0.29) is 23.8 Å². The van der Waals surface area contributed by atoms with Crippen LogP contribution in [-0.2, 0) is 25.3 Å². The third kappa shape index (κ3) is 7.17. The molecule has 190 valence electrons. The minimum atomic E-state index is -4.01. The number of alkyl halides is 2. The number of nitrogens with zero attached hydrogens (tertiary/aromatic N) is 4. The Morgan fingerprint density at radius 1 is 1.20 bits per heavy atom. The number of nitrogen functional groups attached to an aromatic ring is 1. The number of fused-ring (bicyclic) bond motifs is 1. The Morgan fingerprint density at radius 3 is 2.57 bits per heavy atom. The van der Waals surface area contributed by atoms with Gasteiger partial charge in [-0.2, -0.15) is 9.61 Å². The summed E-state index contributed by atoms with van der Waals surface area (Å²) in [6.45, 7) is 4.76. The summed E-state index contributed by atoms with van der Waals surface area (Å²) in [4.78, 5) is 20.1. The summed E-state index contributed by atoms with van der Waals surface area (Å²) in [6.07, 6.45) is -3.52. The lowest BCUT2D eigenvalue weighted by molar-refractivity contribution is -0.149. The number of nitrogens with one attached hydrogen (secondary N) is 1. The highest BCUT2D eigenvalue weighted by Crippen LogP contribution is 2.44. The zero-order valence-corrected chi connectivity index (χ0v) is 20.3. The van der Waals surface area contributed by atoms with E-state index >= 15 is 0 Å². The standard InChI is InChI=1S/C21H27F2N6O5P/c1-13(2)33-20(30)14(3)28-35(31,34-16-7-5-4-6-8-16)12-32-17(18(22)23)9-15-10-27-29-19(15)25-11-26-21(29)24/h4-8,10-11,13-14,17-18H,9,12H2,1-3H3,(H,28,31)(H2,24,25,26)/t14-,17-,35?/m0/s1. The van der Waals surface area contributed by atoms with Crippen LogP contribution < -0.4 is 15.3 Å². The van der Waals surface area contributed by atoms with Crippen LogP contribution in [0.3, 0.4) is 0 Å². The van der Waals surface area contributed by atoms with Crippen LogP contribution >= 0.6 is 7.52 Å². The minimum Gasteiger partial charge on any atom is -0.462 e. The van der Waals surface area contributed by atoms with Crippen LogP contribution in [-0.4, -0.2) is 56.6 Å². The maximum absolute atomic E-state index is 13.9. The van der Waals surface area contributed by atoms with Crippen LogP contribution in [0.25, 0.3) is 5.65 Å². The highest BCUT2D eigenvalue weighted by atomic mass is 31.2. The number of anilines is 1. The molecule has 3 atom stereocenters. The molecule has 3 aromatic rings. The average molecular weight is 512 g/mol. The van der Waals surface area contributed by atoms with E-state index in [0.717, 1.165) is 0 Å². The third-order valence-corrected chi connectivity index (χ3v) is 6.43. The predicted octanol–water partition coefficient (Wildman–Crippen LogP) is 3.06. The van der Waals surface area contributed by atoms with Crippen LogP contribution in [0.1, 0.15) is 26.3 Å². The molecule has 0 fully saturated rings. The van der Waals surface area contributed by atoms with Gasteiger partial charge in [0.05, 0.1) is 12.3 Å². The Hall–Kier alpha value is -3.15. The Morgan fingerprint density at radius 2 is 1.91 bits per heavy atom. The van der Waals surface area contributed by atoms with Gasteiger partial charge in [0.2, 0.25) is 5.95 Å². The molecule has 3 rings (SSSR count). The summed E-state index contributed by atoms with van der Waals surface area (Å²) in [6, 6.07) is 7.05. The van der Waals surface area contributed by atoms with Crippen LogP contribution in [0.2, 0.25) is 0 Å². The highest BCUT2D eigenvalue weighted by molar-refractivity contribution is 7.57. The summed E-state index contributed by atoms with van der Waals surface area (Å²) >= 11 is 0. The maximum Gasteiger partial charge on any atom is 0.342 e. The minimum absolute atomic E-state index is 0.0444. The Kier molecular flexibility index (Phi) is 8.71. The molecule has 0 aliphatic carbocycles. The van der Waals surface area contributed by atoms with Crippen molar-refractivity contribution in [3.63, 3.8) is 0 Å². The number of hydrogen-bond donors (Lipinski definition) is 2. The van der Waals surface area contributed by atoms with Crippen molar-refractivity contribution in [1.82, 2.24) is 24.7 Å². The van der Waals surface area contributed by atoms with Crippen molar-refractivity contribution in [2.24, 2.45) is 0 Å². The SMILES string of the molecule is CC(C)OC(=O)[C@H](C)NP(=O)(CO[C@@H](Cc1cnn2c(N)ncnc12)C(F)F)Oc1ccccc1. The van der Waals surface area contributed by atoms with Gasteiger partial charge in [-0.3, -0.25) is 9.36 Å². The molecule has 3 N–H and O–H groups in total. The monoisotopic (exact) mass is 512 g/mol. The Bertz CT molecular complexity index is 1180. The first kappa shape index (κ1) is 26.5. The number of benzene rings is 1. The molecule has 11 nitrogen and oxygen atoms in total. The molecule has 0 spiro atoms. The van der Waals surface area contributed by atoms with Crippen molar-refractivity contribution < 1.29 is 32.1 Å². The molecule has 0 radical (unpaired) electrons. The van der Waals surface area contributed by atoms with Gasteiger partial charge in [0.15, 0.2) is 5.65 Å². The van der Waals surface area contributed by atoms with Gasteiger partial charge in [-0.25, -0.2) is 23.8 Å². The second kappa shape index (κ2) is 11.5. The highest BCUT2D eigenvalue weighted by Gasteiger charge is 2.34. The molecule has 1 aromatic carbocycles. The topological polar surface area (TPSA) is 143 Å². The largest absolute Gasteiger partial charge is 0.462 e. The molecule has 0 aliphatic heterocycles. The fraction of sp³-hybridized carbons (Fsp3) is 0.429. The first-order chi connectivity index (χ1) is 16.6. The van der Waals surface area contributed by atoms with Crippen molar-refractivity contribution >= 4 is 25.1 Å². The van der Waals surface area contributed by atoms with Crippen LogP contribution in [0, 0.1) is 0 Å². The van der Waals surface area contributed by atoms with Crippen molar-refractivity contribution in [2.45, 2.75) is 51.9 Å². The number of rotatable bonds is 12. The zero-order chi connectivity index (χ0) is 25.6. The molecule has 1 unspecified atom stereocenters. The van der Waals surface area contributed by atoms with Crippen LogP contribution in [0.5, 0.6) is 5.75 Å². The fourth-order valence-corrected chi connectivity index (χ4v) is 4.80. The third-order valence-electron chi connectivity index (χ3n) is 4.66. The maximum atomic E-state index is 13.9. The Labute approximate surface area is 200 Å². The fourth-order valence-electron chi connectivity index (χ4n) is 3.08. The first-order valence-corrected chi connectivity index (χ1v) is 12.5. The van der Waals surface area contributed by atoms with E-state index in [1.807, 2.05) is 0 Å². The molecule has 0 saturated carbocycles. The first-order valence-electron chi connectivity index (χ1n) is 10.7. The summed E-state index contributed by atoms with van der Waals surface area (Å²) in [7, 11) is -4.01. The van der Waals surface area contributed by atoms with Crippen LogP contribution in [0.15, 0.2) is 42.9 Å². The van der Waals surface area contributed by atoms with Gasteiger partial charge in [-0.15, -0.1) is 0 Å². The van der Waals surface area contributed by atoms with Gasteiger partial charge < -0.3 is 19.7 Å². The molecule has 14 heteroatoms. The zero-order valence-electron chi connectivity index (χ0n) is 19.4. The van der Waals surface area contributed by atoms with Gasteiger partial charge in [0, 0.05) is 12.0 Å². The van der Waals surface area contributed by atoms with E-state index in [1.165, 1.54) is 24.0 Å². The summed E-state index contributed by atoms with van der Waals surface area (Å²) < 4.78 is 58.7. The van der Waals surface area contributed by atoms with Crippen molar-refractivity contribution in [3.8, 4) is 5.75 Å². The van der Waals surface area contributed by atoms with Crippen molar-refractivity contribution in [3.05, 3.63) is 48.4 Å². The lowest BCUT2D eigenvalue weighted by Crippen LogP contribution is -2.37. The smallest absolute Gasteiger partial charge is 0.342 e. The number of nitrogens with two attached hydrogens (primary N) is 1. The number of carbonyl (C=O) groups excluding carboxylic acids is 1. The van der Waals surface area contributed by atoms with Gasteiger partial charge in [-0.05, 0) is 32.9 Å². The molecule has 2 heterocycles. The molecule has 0 amide bonds.